The zero-order valence-corrected chi connectivity index (χ0v) is 25.4. The van der Waals surface area contributed by atoms with Gasteiger partial charge in [0.15, 0.2) is 0 Å². The maximum atomic E-state index is 5.73. The number of rotatable bonds is 10. The van der Waals surface area contributed by atoms with Gasteiger partial charge in [0.1, 0.15) is 0 Å². The molecule has 0 atom stereocenters. The molecule has 0 radical (unpaired) electrons. The van der Waals surface area contributed by atoms with E-state index in [1.807, 2.05) is 50.8 Å². The number of aryl methyl sites for hydroxylation is 1. The van der Waals surface area contributed by atoms with E-state index in [2.05, 4.69) is 73.3 Å². The lowest BCUT2D eigenvalue weighted by Crippen LogP contribution is -2.02. The van der Waals surface area contributed by atoms with Crippen molar-refractivity contribution in [3.8, 4) is 0 Å². The lowest BCUT2D eigenvalue weighted by molar-refractivity contribution is 0.564. The summed E-state index contributed by atoms with van der Waals surface area (Å²) in [6, 6.07) is 4.34. The van der Waals surface area contributed by atoms with Crippen LogP contribution in [0.4, 0.5) is 5.95 Å². The Morgan fingerprint density at radius 2 is 1.61 bits per heavy atom. The summed E-state index contributed by atoms with van der Waals surface area (Å²) in [5.41, 5.74) is 17.0. The van der Waals surface area contributed by atoms with E-state index >= 15 is 0 Å². The van der Waals surface area contributed by atoms with E-state index in [0.29, 0.717) is 11.9 Å². The van der Waals surface area contributed by atoms with Crippen LogP contribution in [0.3, 0.4) is 0 Å². The number of nitrogens with zero attached hydrogens (tertiary/aromatic N) is 4. The number of allylic oxidation sites excluding steroid dienone is 1. The third kappa shape index (κ3) is 11.1. The van der Waals surface area contributed by atoms with Crippen LogP contribution in [0, 0.1) is 6.92 Å². The highest BCUT2D eigenvalue weighted by Crippen LogP contribution is 2.32. The Kier molecular flexibility index (Phi) is 19.1. The topological polar surface area (TPSA) is 95.1 Å². The van der Waals surface area contributed by atoms with Gasteiger partial charge in [0.2, 0.25) is 5.95 Å². The third-order valence-corrected chi connectivity index (χ3v) is 6.11. The van der Waals surface area contributed by atoms with Crippen LogP contribution in [0.1, 0.15) is 128 Å². The molecule has 0 amide bonds. The van der Waals surface area contributed by atoms with E-state index in [4.69, 9.17) is 5.73 Å². The first-order valence-electron chi connectivity index (χ1n) is 14.5. The number of nitrogen functional groups attached to an aromatic ring is 1. The van der Waals surface area contributed by atoms with Crippen LogP contribution in [-0.2, 0) is 0 Å². The van der Waals surface area contributed by atoms with Gasteiger partial charge in [0.25, 0.3) is 0 Å². The van der Waals surface area contributed by atoms with Gasteiger partial charge in [-0.1, -0.05) is 92.7 Å². The summed E-state index contributed by atoms with van der Waals surface area (Å²) in [6.45, 7) is 20.1. The van der Waals surface area contributed by atoms with Crippen LogP contribution in [-0.4, -0.2) is 19.6 Å². The Bertz CT molecular complexity index is 1060. The molecule has 212 valence electrons. The minimum atomic E-state index is 0.308. The predicted octanol–water partition coefficient (Wildman–Crippen LogP) is 8.85. The van der Waals surface area contributed by atoms with E-state index in [1.54, 1.807) is 0 Å². The molecule has 3 aromatic rings. The first-order chi connectivity index (χ1) is 18.4. The highest BCUT2D eigenvalue weighted by molar-refractivity contribution is 5.82. The maximum Gasteiger partial charge on any atom is 0.220 e. The summed E-state index contributed by atoms with van der Waals surface area (Å²) < 4.78 is 1.98. The Balaban J connectivity index is 0.00000106. The molecule has 0 bridgehead atoms. The molecule has 3 heterocycles. The van der Waals surface area contributed by atoms with Crippen LogP contribution in [0.5, 0.6) is 0 Å². The number of fused-ring (bicyclic) bond motifs is 1. The molecule has 0 fully saturated rings. The Labute approximate surface area is 232 Å². The van der Waals surface area contributed by atoms with Gasteiger partial charge in [0.05, 0.1) is 17.4 Å². The number of pyridine rings is 1. The van der Waals surface area contributed by atoms with Crippen LogP contribution in [0.2, 0.25) is 0 Å². The number of anilines is 1. The molecule has 0 saturated heterocycles. The van der Waals surface area contributed by atoms with E-state index in [1.165, 1.54) is 68.6 Å². The smallest absolute Gasteiger partial charge is 0.220 e. The number of hydrogen-bond acceptors (Lipinski definition) is 5. The molecule has 4 N–H and O–H groups in total. The van der Waals surface area contributed by atoms with Crippen molar-refractivity contribution >= 4 is 17.0 Å². The highest BCUT2D eigenvalue weighted by Gasteiger charge is 2.17. The number of nitrogens with two attached hydrogens (primary N) is 2. The van der Waals surface area contributed by atoms with Gasteiger partial charge in [-0.2, -0.15) is 5.10 Å². The van der Waals surface area contributed by atoms with Crippen molar-refractivity contribution in [1.29, 1.82) is 0 Å². The predicted molar refractivity (Wildman–Crippen MR) is 167 cm³/mol. The van der Waals surface area contributed by atoms with Gasteiger partial charge in [-0.3, -0.25) is 0 Å². The average Bonchev–Trinajstić information content (AvgIpc) is 3.34. The fourth-order valence-electron chi connectivity index (χ4n) is 4.36. The van der Waals surface area contributed by atoms with Gasteiger partial charge in [-0.15, -0.1) is 0 Å². The van der Waals surface area contributed by atoms with Gasteiger partial charge in [-0.05, 0) is 62.1 Å². The fourth-order valence-corrected chi connectivity index (χ4v) is 4.36. The zero-order chi connectivity index (χ0) is 28.9. The van der Waals surface area contributed by atoms with Crippen molar-refractivity contribution in [2.24, 2.45) is 5.73 Å². The van der Waals surface area contributed by atoms with Crippen molar-refractivity contribution in [3.05, 3.63) is 72.0 Å². The molecular formula is C32H54N6. The number of aromatic nitrogens is 4. The molecule has 0 saturated carbocycles. The van der Waals surface area contributed by atoms with Gasteiger partial charge in [0, 0.05) is 23.5 Å². The molecule has 0 aliphatic rings. The summed E-state index contributed by atoms with van der Waals surface area (Å²) in [5, 5.41) is 4.59. The zero-order valence-electron chi connectivity index (χ0n) is 25.4. The van der Waals surface area contributed by atoms with Crippen LogP contribution in [0.25, 0.3) is 11.1 Å². The number of hydrogen-bond donors (Lipinski definition) is 2. The highest BCUT2D eigenvalue weighted by atomic mass is 15.2. The van der Waals surface area contributed by atoms with Crippen molar-refractivity contribution in [2.45, 2.75) is 113 Å². The molecule has 6 heteroatoms. The fraction of sp³-hybridized carbons (Fsp3) is 0.531. The minimum absolute atomic E-state index is 0.308. The maximum absolute atomic E-state index is 5.73. The first kappa shape index (κ1) is 34.9. The minimum Gasteiger partial charge on any atom is -0.405 e. The monoisotopic (exact) mass is 522 g/mol. The van der Waals surface area contributed by atoms with Crippen LogP contribution >= 0.6 is 0 Å². The quantitative estimate of drug-likeness (QED) is 0.259. The molecule has 38 heavy (non-hydrogen) atoms. The van der Waals surface area contributed by atoms with E-state index in [-0.39, 0.29) is 0 Å². The van der Waals surface area contributed by atoms with Crippen molar-refractivity contribution in [2.75, 3.05) is 5.73 Å². The van der Waals surface area contributed by atoms with Crippen molar-refractivity contribution in [3.63, 3.8) is 0 Å². The Morgan fingerprint density at radius 1 is 1.03 bits per heavy atom. The second-order valence-corrected chi connectivity index (χ2v) is 8.99. The second kappa shape index (κ2) is 20.9. The second-order valence-electron chi connectivity index (χ2n) is 8.99. The molecule has 0 unspecified atom stereocenters. The first-order valence-corrected chi connectivity index (χ1v) is 14.5. The van der Waals surface area contributed by atoms with Crippen molar-refractivity contribution in [1.82, 2.24) is 19.6 Å². The third-order valence-electron chi connectivity index (χ3n) is 6.11. The molecule has 0 spiro atoms. The molecule has 0 aliphatic heterocycles. The lowest BCUT2D eigenvalue weighted by Gasteiger charge is -2.15. The normalized spacial score (nSPS) is 10.6. The molecule has 3 rings (SSSR count). The summed E-state index contributed by atoms with van der Waals surface area (Å²) in [4.78, 5) is 8.51. The summed E-state index contributed by atoms with van der Waals surface area (Å²) >= 11 is 0. The van der Waals surface area contributed by atoms with Gasteiger partial charge < -0.3 is 11.5 Å². The van der Waals surface area contributed by atoms with Gasteiger partial charge >= 0.3 is 0 Å². The Morgan fingerprint density at radius 3 is 2.08 bits per heavy atom. The molecular weight excluding hydrogens is 468 g/mol. The average molecular weight is 523 g/mol. The SMILES string of the molecule is C/C=C(/c1ccn2ncc(C(CCC)CCC)c2c1)c1cnc(N)nc1C.C=CN.CC.CCCCCC. The largest absolute Gasteiger partial charge is 0.405 e. The lowest BCUT2D eigenvalue weighted by atomic mass is 9.90. The van der Waals surface area contributed by atoms with E-state index in [9.17, 15) is 0 Å². The molecule has 6 nitrogen and oxygen atoms in total. The van der Waals surface area contributed by atoms with E-state index in [0.717, 1.165) is 22.4 Å². The molecule has 0 aliphatic carbocycles. The molecule has 0 aromatic carbocycles. The van der Waals surface area contributed by atoms with E-state index < -0.39 is 0 Å². The van der Waals surface area contributed by atoms with Crippen molar-refractivity contribution < 1.29 is 0 Å². The Hall–Kier alpha value is -3.15. The van der Waals surface area contributed by atoms with Crippen LogP contribution < -0.4 is 11.5 Å². The summed E-state index contributed by atoms with van der Waals surface area (Å²) in [6.07, 6.45) is 19.6. The van der Waals surface area contributed by atoms with Crippen LogP contribution in [0.15, 0.2) is 49.6 Å². The number of unbranched alkanes of at least 4 members (excludes halogenated alkanes) is 3. The summed E-state index contributed by atoms with van der Waals surface area (Å²) in [5.74, 6) is 0.866. The summed E-state index contributed by atoms with van der Waals surface area (Å²) in [7, 11) is 0. The standard InChI is InChI=1S/C22H29N5.C6H14.C2H5N.C2H6/c1-5-8-16(9-6-2)20-14-25-27-11-10-17(12-21(20)27)18(7-3)19-13-24-22(23)26-15(19)4;1-3-5-6-4-2;1-2-3;1-2/h7,10-14,16H,5-6,8-9H2,1-4H3,(H2,23,24,26);3-6H2,1-2H3;2H,1,3H2;1-2H3/b18-7-;;;. The molecule has 3 aromatic heterocycles. The van der Waals surface area contributed by atoms with Gasteiger partial charge in [-0.25, -0.2) is 14.5 Å².